The second kappa shape index (κ2) is 7.05. The highest BCUT2D eigenvalue weighted by molar-refractivity contribution is 7.99. The number of aromatic nitrogens is 4. The monoisotopic (exact) mass is 335 g/mol. The Hall–Kier alpha value is -2.00. The molecule has 1 saturated heterocycles. The minimum Gasteiger partial charge on any atom is -0.376 e. The minimum absolute atomic E-state index is 0.00384. The van der Waals surface area contributed by atoms with E-state index in [1.54, 1.807) is 16.8 Å². The molecule has 2 heterocycles. The number of benzene rings is 1. The summed E-state index contributed by atoms with van der Waals surface area (Å²) in [6, 6.07) is 6.65. The van der Waals surface area contributed by atoms with Gasteiger partial charge >= 0.3 is 0 Å². The Morgan fingerprint density at radius 2 is 2.43 bits per heavy atom. The average molecular weight is 335 g/mol. The molecule has 122 valence electrons. The zero-order chi connectivity index (χ0) is 16.2. The van der Waals surface area contributed by atoms with Crippen LogP contribution < -0.4 is 0 Å². The Morgan fingerprint density at radius 3 is 3.17 bits per heavy atom. The summed E-state index contributed by atoms with van der Waals surface area (Å²) in [5.41, 5.74) is 0.963. The number of rotatable bonds is 6. The highest BCUT2D eigenvalue weighted by Crippen LogP contribution is 2.34. The van der Waals surface area contributed by atoms with Gasteiger partial charge in [0.25, 0.3) is 5.69 Å². The molecule has 3 rings (SSSR count). The molecule has 1 fully saturated rings. The lowest BCUT2D eigenvalue weighted by Crippen LogP contribution is -2.17. The molecular formula is C14H17N5O3S. The van der Waals surface area contributed by atoms with Crippen LogP contribution in [-0.2, 0) is 11.3 Å². The fraction of sp³-hybridized carbons (Fsp3) is 0.500. The third-order valence-corrected chi connectivity index (χ3v) is 4.86. The maximum Gasteiger partial charge on any atom is 0.269 e. The van der Waals surface area contributed by atoms with Gasteiger partial charge < -0.3 is 4.74 Å². The fourth-order valence-corrected chi connectivity index (χ4v) is 3.41. The molecule has 1 aliphatic rings. The molecule has 2 atom stereocenters. The summed E-state index contributed by atoms with van der Waals surface area (Å²) >= 11 is 1.48. The molecule has 0 spiro atoms. The van der Waals surface area contributed by atoms with E-state index in [2.05, 4.69) is 15.5 Å². The largest absolute Gasteiger partial charge is 0.376 e. The van der Waals surface area contributed by atoms with Gasteiger partial charge in [-0.05, 0) is 35.8 Å². The van der Waals surface area contributed by atoms with Crippen LogP contribution in [-0.4, -0.2) is 37.8 Å². The normalized spacial score (nSPS) is 18.9. The van der Waals surface area contributed by atoms with Crippen LogP contribution in [0.25, 0.3) is 0 Å². The number of thioether (sulfide) groups is 1. The van der Waals surface area contributed by atoms with E-state index in [9.17, 15) is 10.1 Å². The molecule has 0 unspecified atom stereocenters. The number of hydrogen-bond donors (Lipinski definition) is 0. The lowest BCUT2D eigenvalue weighted by Gasteiger charge is -2.13. The highest BCUT2D eigenvalue weighted by Gasteiger charge is 2.21. The van der Waals surface area contributed by atoms with E-state index < -0.39 is 0 Å². The molecule has 0 N–H and O–H groups in total. The van der Waals surface area contributed by atoms with Crippen LogP contribution >= 0.6 is 11.8 Å². The first-order chi connectivity index (χ1) is 11.1. The van der Waals surface area contributed by atoms with Gasteiger partial charge in [-0.1, -0.05) is 23.9 Å². The number of hydrogen-bond acceptors (Lipinski definition) is 7. The molecule has 2 aromatic rings. The van der Waals surface area contributed by atoms with Gasteiger partial charge in [-0.15, -0.1) is 5.10 Å². The van der Waals surface area contributed by atoms with Crippen LogP contribution in [0.2, 0.25) is 0 Å². The van der Waals surface area contributed by atoms with Crippen LogP contribution in [0.5, 0.6) is 0 Å². The Kier molecular flexibility index (Phi) is 4.87. The lowest BCUT2D eigenvalue weighted by atomic mass is 10.1. The highest BCUT2D eigenvalue weighted by atomic mass is 32.2. The maximum atomic E-state index is 10.9. The average Bonchev–Trinajstić information content (AvgIpc) is 3.20. The minimum atomic E-state index is -0.387. The Balaban J connectivity index is 1.70. The Morgan fingerprint density at radius 1 is 1.57 bits per heavy atom. The number of nitro benzene ring substituents is 1. The molecule has 1 aromatic carbocycles. The van der Waals surface area contributed by atoms with Gasteiger partial charge in [0.05, 0.1) is 17.6 Å². The quantitative estimate of drug-likeness (QED) is 0.455. The zero-order valence-electron chi connectivity index (χ0n) is 12.7. The topological polar surface area (TPSA) is 96.0 Å². The second-order valence-electron chi connectivity index (χ2n) is 5.39. The smallest absolute Gasteiger partial charge is 0.269 e. The molecule has 1 aliphatic heterocycles. The summed E-state index contributed by atoms with van der Waals surface area (Å²) in [7, 11) is 0. The van der Waals surface area contributed by atoms with E-state index in [0.29, 0.717) is 11.7 Å². The fourth-order valence-electron chi connectivity index (χ4n) is 2.49. The zero-order valence-corrected chi connectivity index (χ0v) is 13.5. The van der Waals surface area contributed by atoms with E-state index in [1.165, 1.54) is 17.8 Å². The Bertz CT molecular complexity index is 687. The number of non-ortho nitro benzene ring substituents is 1. The van der Waals surface area contributed by atoms with E-state index >= 15 is 0 Å². The molecule has 0 bridgehead atoms. The predicted octanol–water partition coefficient (Wildman–Crippen LogP) is 2.61. The van der Waals surface area contributed by atoms with Crippen molar-refractivity contribution in [3.8, 4) is 0 Å². The van der Waals surface area contributed by atoms with E-state index in [0.717, 1.165) is 25.0 Å². The summed E-state index contributed by atoms with van der Waals surface area (Å²) < 4.78 is 7.36. The van der Waals surface area contributed by atoms with Crippen molar-refractivity contribution >= 4 is 17.4 Å². The van der Waals surface area contributed by atoms with Gasteiger partial charge in [0.2, 0.25) is 5.16 Å². The number of ether oxygens (including phenoxy) is 1. The summed E-state index contributed by atoms with van der Waals surface area (Å²) in [5, 5.41) is 23.4. The summed E-state index contributed by atoms with van der Waals surface area (Å²) in [4.78, 5) is 10.5. The van der Waals surface area contributed by atoms with Crippen LogP contribution in [0, 0.1) is 10.1 Å². The van der Waals surface area contributed by atoms with Crippen LogP contribution in [0.1, 0.15) is 30.6 Å². The molecule has 0 amide bonds. The van der Waals surface area contributed by atoms with Crippen molar-refractivity contribution in [3.05, 3.63) is 39.9 Å². The van der Waals surface area contributed by atoms with Gasteiger partial charge in [0.15, 0.2) is 0 Å². The molecule has 0 saturated carbocycles. The van der Waals surface area contributed by atoms with E-state index in [-0.39, 0.29) is 22.0 Å². The van der Waals surface area contributed by atoms with Gasteiger partial charge in [-0.25, -0.2) is 4.68 Å². The molecule has 23 heavy (non-hydrogen) atoms. The van der Waals surface area contributed by atoms with Crippen molar-refractivity contribution in [2.24, 2.45) is 0 Å². The lowest BCUT2D eigenvalue weighted by molar-refractivity contribution is -0.384. The van der Waals surface area contributed by atoms with Gasteiger partial charge in [-0.3, -0.25) is 10.1 Å². The van der Waals surface area contributed by atoms with E-state index in [4.69, 9.17) is 4.74 Å². The molecule has 8 nitrogen and oxygen atoms in total. The number of tetrazole rings is 1. The van der Waals surface area contributed by atoms with Crippen molar-refractivity contribution in [2.45, 2.75) is 42.8 Å². The predicted molar refractivity (Wildman–Crippen MR) is 84.2 cm³/mol. The summed E-state index contributed by atoms with van der Waals surface area (Å²) in [5.74, 6) is 0. The van der Waals surface area contributed by atoms with Crippen molar-refractivity contribution < 1.29 is 9.66 Å². The van der Waals surface area contributed by atoms with Crippen molar-refractivity contribution in [1.82, 2.24) is 20.2 Å². The molecule has 0 aliphatic carbocycles. The molecule has 1 aromatic heterocycles. The first-order valence-corrected chi connectivity index (χ1v) is 8.30. The van der Waals surface area contributed by atoms with Gasteiger partial charge in [-0.2, -0.15) is 0 Å². The first-order valence-electron chi connectivity index (χ1n) is 7.42. The van der Waals surface area contributed by atoms with Gasteiger partial charge in [0, 0.05) is 24.0 Å². The standard InChI is InChI=1S/C14H17N5O3S/c1-10(11-4-2-5-12(8-11)19(20)21)23-14-15-16-17-18(14)9-13-6-3-7-22-13/h2,4-5,8,10,13H,3,6-7,9H2,1H3/t10-,13+/m0/s1. The summed E-state index contributed by atoms with van der Waals surface area (Å²) in [6.45, 7) is 3.41. The van der Waals surface area contributed by atoms with Crippen molar-refractivity contribution in [2.75, 3.05) is 6.61 Å². The van der Waals surface area contributed by atoms with Crippen LogP contribution in [0.3, 0.4) is 0 Å². The van der Waals surface area contributed by atoms with E-state index in [1.807, 2.05) is 13.0 Å². The van der Waals surface area contributed by atoms with Gasteiger partial charge in [0.1, 0.15) is 0 Å². The molecular weight excluding hydrogens is 318 g/mol. The molecule has 0 radical (unpaired) electrons. The molecule has 9 heteroatoms. The second-order valence-corrected chi connectivity index (χ2v) is 6.70. The maximum absolute atomic E-state index is 10.9. The van der Waals surface area contributed by atoms with Crippen molar-refractivity contribution in [1.29, 1.82) is 0 Å². The first kappa shape index (κ1) is 15.9. The van der Waals surface area contributed by atoms with Crippen molar-refractivity contribution in [3.63, 3.8) is 0 Å². The number of nitrogens with zero attached hydrogens (tertiary/aromatic N) is 5. The SMILES string of the molecule is C[C@H](Sc1nnnn1C[C@H]1CCCO1)c1cccc([N+](=O)[O-])c1. The summed E-state index contributed by atoms with van der Waals surface area (Å²) in [6.07, 6.45) is 2.25. The van der Waals surface area contributed by atoms with Crippen LogP contribution in [0.15, 0.2) is 29.4 Å². The van der Waals surface area contributed by atoms with Crippen LogP contribution in [0.4, 0.5) is 5.69 Å². The Labute approximate surface area is 137 Å². The third-order valence-electron chi connectivity index (χ3n) is 3.73. The third kappa shape index (κ3) is 3.85. The number of nitro groups is 1.